The molecule has 0 aromatic carbocycles. The Morgan fingerprint density at radius 2 is 2.12 bits per heavy atom. The minimum atomic E-state index is -0.382. The number of ether oxygens (including phenoxy) is 3. The van der Waals surface area contributed by atoms with Gasteiger partial charge in [0.25, 0.3) is 0 Å². The standard InChI is InChI=1S/C12H18O5/c1-4-5-10-6-11(16-9(3)14)12(17-10)7-15-8(2)13/h4,10-12H,1,5-7H2,2-3H3/t10-,11-,12+/m0/s1. The number of carbonyl (C=O) groups is 2. The third kappa shape index (κ3) is 4.56. The molecule has 1 aliphatic rings. The smallest absolute Gasteiger partial charge is 0.302 e. The topological polar surface area (TPSA) is 61.8 Å². The van der Waals surface area contributed by atoms with Gasteiger partial charge in [0.05, 0.1) is 6.10 Å². The molecule has 0 radical (unpaired) electrons. The Labute approximate surface area is 101 Å². The summed E-state index contributed by atoms with van der Waals surface area (Å²) in [7, 11) is 0. The van der Waals surface area contributed by atoms with Gasteiger partial charge in [0, 0.05) is 20.3 Å². The highest BCUT2D eigenvalue weighted by atomic mass is 16.6. The van der Waals surface area contributed by atoms with Gasteiger partial charge in [0.2, 0.25) is 0 Å². The van der Waals surface area contributed by atoms with Crippen molar-refractivity contribution in [3.63, 3.8) is 0 Å². The van der Waals surface area contributed by atoms with E-state index in [9.17, 15) is 9.59 Å². The van der Waals surface area contributed by atoms with Crippen LogP contribution in [0.15, 0.2) is 12.7 Å². The number of carbonyl (C=O) groups excluding carboxylic acids is 2. The van der Waals surface area contributed by atoms with Crippen molar-refractivity contribution in [2.75, 3.05) is 6.61 Å². The molecular formula is C12H18O5. The highest BCUT2D eigenvalue weighted by Crippen LogP contribution is 2.26. The van der Waals surface area contributed by atoms with Crippen LogP contribution in [0.5, 0.6) is 0 Å². The van der Waals surface area contributed by atoms with Gasteiger partial charge < -0.3 is 14.2 Å². The molecule has 0 bridgehead atoms. The fourth-order valence-corrected chi connectivity index (χ4v) is 1.82. The Kier molecular flexibility index (Phi) is 5.15. The SMILES string of the molecule is C=CC[C@H]1C[C@H](OC(C)=O)[C@@H](COC(C)=O)O1. The molecule has 0 saturated carbocycles. The van der Waals surface area contributed by atoms with E-state index in [-0.39, 0.29) is 36.9 Å². The quantitative estimate of drug-likeness (QED) is 0.535. The lowest BCUT2D eigenvalue weighted by Crippen LogP contribution is -2.31. The molecular weight excluding hydrogens is 224 g/mol. The molecule has 1 aliphatic heterocycles. The first-order valence-corrected chi connectivity index (χ1v) is 5.60. The van der Waals surface area contributed by atoms with Crippen LogP contribution >= 0.6 is 0 Å². The second-order valence-electron chi connectivity index (χ2n) is 4.01. The number of esters is 2. The first-order valence-electron chi connectivity index (χ1n) is 5.60. The van der Waals surface area contributed by atoms with Gasteiger partial charge in [0.15, 0.2) is 0 Å². The van der Waals surface area contributed by atoms with E-state index in [1.807, 2.05) is 0 Å². The summed E-state index contributed by atoms with van der Waals surface area (Å²) in [6.45, 7) is 6.43. The van der Waals surface area contributed by atoms with Crippen molar-refractivity contribution in [1.29, 1.82) is 0 Å². The predicted octanol–water partition coefficient (Wildman–Crippen LogP) is 1.21. The van der Waals surface area contributed by atoms with Crippen molar-refractivity contribution in [2.45, 2.75) is 45.0 Å². The first-order chi connectivity index (χ1) is 8.02. The van der Waals surface area contributed by atoms with Crippen LogP contribution in [0, 0.1) is 0 Å². The third-order valence-corrected chi connectivity index (χ3v) is 2.47. The molecule has 5 nitrogen and oxygen atoms in total. The van der Waals surface area contributed by atoms with Crippen LogP contribution in [-0.2, 0) is 23.8 Å². The Hall–Kier alpha value is -1.36. The van der Waals surface area contributed by atoms with Crippen molar-refractivity contribution in [3.05, 3.63) is 12.7 Å². The van der Waals surface area contributed by atoms with E-state index in [2.05, 4.69) is 6.58 Å². The normalized spacial score (nSPS) is 27.5. The van der Waals surface area contributed by atoms with Crippen molar-refractivity contribution >= 4 is 11.9 Å². The van der Waals surface area contributed by atoms with Crippen LogP contribution in [0.3, 0.4) is 0 Å². The maximum absolute atomic E-state index is 10.9. The zero-order valence-corrected chi connectivity index (χ0v) is 10.2. The maximum Gasteiger partial charge on any atom is 0.302 e. The van der Waals surface area contributed by atoms with Crippen LogP contribution in [0.2, 0.25) is 0 Å². The number of rotatable bonds is 5. The van der Waals surface area contributed by atoms with Gasteiger partial charge in [-0.05, 0) is 6.42 Å². The maximum atomic E-state index is 10.9. The molecule has 0 aromatic heterocycles. The Morgan fingerprint density at radius 1 is 1.41 bits per heavy atom. The van der Waals surface area contributed by atoms with E-state index in [1.165, 1.54) is 13.8 Å². The lowest BCUT2D eigenvalue weighted by atomic mass is 10.1. The summed E-state index contributed by atoms with van der Waals surface area (Å²) in [6.07, 6.45) is 2.29. The van der Waals surface area contributed by atoms with E-state index >= 15 is 0 Å². The van der Waals surface area contributed by atoms with Crippen LogP contribution in [0.25, 0.3) is 0 Å². The summed E-state index contributed by atoms with van der Waals surface area (Å²) in [5, 5.41) is 0. The minimum absolute atomic E-state index is 0.0302. The average Bonchev–Trinajstić information content (AvgIpc) is 2.57. The molecule has 0 aliphatic carbocycles. The summed E-state index contributed by atoms with van der Waals surface area (Å²) in [4.78, 5) is 21.7. The van der Waals surface area contributed by atoms with E-state index in [1.54, 1.807) is 6.08 Å². The zero-order valence-electron chi connectivity index (χ0n) is 10.2. The molecule has 1 fully saturated rings. The summed E-state index contributed by atoms with van der Waals surface area (Å²) in [5.41, 5.74) is 0. The lowest BCUT2D eigenvalue weighted by molar-refractivity contribution is -0.154. The number of hydrogen-bond acceptors (Lipinski definition) is 5. The monoisotopic (exact) mass is 242 g/mol. The van der Waals surface area contributed by atoms with Gasteiger partial charge in [-0.2, -0.15) is 0 Å². The molecule has 1 saturated heterocycles. The van der Waals surface area contributed by atoms with E-state index in [0.29, 0.717) is 12.8 Å². The summed E-state index contributed by atoms with van der Waals surface area (Å²) in [5.74, 6) is -0.729. The van der Waals surface area contributed by atoms with Gasteiger partial charge >= 0.3 is 11.9 Å². The summed E-state index contributed by atoms with van der Waals surface area (Å²) < 4.78 is 15.7. The van der Waals surface area contributed by atoms with Crippen molar-refractivity contribution in [1.82, 2.24) is 0 Å². The van der Waals surface area contributed by atoms with Gasteiger partial charge in [-0.1, -0.05) is 6.08 Å². The van der Waals surface area contributed by atoms with E-state index in [0.717, 1.165) is 0 Å². The van der Waals surface area contributed by atoms with E-state index < -0.39 is 0 Å². The second kappa shape index (κ2) is 6.39. The molecule has 0 amide bonds. The molecule has 1 rings (SSSR count). The van der Waals surface area contributed by atoms with Crippen LogP contribution in [0.4, 0.5) is 0 Å². The van der Waals surface area contributed by atoms with Crippen molar-refractivity contribution in [3.8, 4) is 0 Å². The van der Waals surface area contributed by atoms with Gasteiger partial charge in [0.1, 0.15) is 18.8 Å². The van der Waals surface area contributed by atoms with E-state index in [4.69, 9.17) is 14.2 Å². The van der Waals surface area contributed by atoms with Gasteiger partial charge in [-0.3, -0.25) is 9.59 Å². The molecule has 0 aromatic rings. The molecule has 96 valence electrons. The molecule has 17 heavy (non-hydrogen) atoms. The summed E-state index contributed by atoms with van der Waals surface area (Å²) >= 11 is 0. The molecule has 5 heteroatoms. The Bertz CT molecular complexity index is 299. The molecule has 1 heterocycles. The Morgan fingerprint density at radius 3 is 2.65 bits per heavy atom. The first kappa shape index (κ1) is 13.7. The predicted molar refractivity (Wildman–Crippen MR) is 60.3 cm³/mol. The zero-order chi connectivity index (χ0) is 12.8. The lowest BCUT2D eigenvalue weighted by Gasteiger charge is -2.17. The van der Waals surface area contributed by atoms with Gasteiger partial charge in [-0.25, -0.2) is 0 Å². The minimum Gasteiger partial charge on any atom is -0.463 e. The van der Waals surface area contributed by atoms with Crippen LogP contribution in [0.1, 0.15) is 26.7 Å². The fourth-order valence-electron chi connectivity index (χ4n) is 1.82. The molecule has 3 atom stereocenters. The van der Waals surface area contributed by atoms with Crippen LogP contribution in [-0.4, -0.2) is 36.9 Å². The average molecular weight is 242 g/mol. The molecule has 0 spiro atoms. The molecule has 0 unspecified atom stereocenters. The highest BCUT2D eigenvalue weighted by molar-refractivity contribution is 5.66. The Balaban J connectivity index is 2.53. The second-order valence-corrected chi connectivity index (χ2v) is 4.01. The third-order valence-electron chi connectivity index (χ3n) is 2.47. The highest BCUT2D eigenvalue weighted by Gasteiger charge is 2.37. The van der Waals surface area contributed by atoms with Gasteiger partial charge in [-0.15, -0.1) is 6.58 Å². The van der Waals surface area contributed by atoms with Crippen molar-refractivity contribution < 1.29 is 23.8 Å². The number of hydrogen-bond donors (Lipinski definition) is 0. The summed E-state index contributed by atoms with van der Waals surface area (Å²) in [6, 6.07) is 0. The van der Waals surface area contributed by atoms with Crippen molar-refractivity contribution in [2.24, 2.45) is 0 Å². The largest absolute Gasteiger partial charge is 0.463 e. The molecule has 0 N–H and O–H groups in total. The van der Waals surface area contributed by atoms with Crippen LogP contribution < -0.4 is 0 Å². The fraction of sp³-hybridized carbons (Fsp3) is 0.667.